The van der Waals surface area contributed by atoms with Crippen molar-refractivity contribution in [3.05, 3.63) is 0 Å². The van der Waals surface area contributed by atoms with Crippen LogP contribution in [0.2, 0.25) is 0 Å². The summed E-state index contributed by atoms with van der Waals surface area (Å²) in [5, 5.41) is 2.83. The molecule has 1 fully saturated rings. The molecule has 0 radical (unpaired) electrons. The third-order valence-corrected chi connectivity index (χ3v) is 3.60. The molecule has 2 atom stereocenters. The first-order chi connectivity index (χ1) is 7.93. The highest BCUT2D eigenvalue weighted by atomic mass is 35.5. The van der Waals surface area contributed by atoms with Crippen molar-refractivity contribution in [3.63, 3.8) is 0 Å². The van der Waals surface area contributed by atoms with Crippen molar-refractivity contribution < 1.29 is 14.3 Å². The van der Waals surface area contributed by atoms with E-state index in [0.717, 1.165) is 12.8 Å². The SMILES string of the molecule is COC(=O)C1(NC(=O)C(C)C(C)N)CCCC1.Cl. The highest BCUT2D eigenvalue weighted by Crippen LogP contribution is 2.31. The molecule has 1 rings (SSSR count). The van der Waals surface area contributed by atoms with E-state index < -0.39 is 5.54 Å². The summed E-state index contributed by atoms with van der Waals surface area (Å²) in [6, 6.07) is -0.230. The zero-order valence-electron chi connectivity index (χ0n) is 11.2. The maximum Gasteiger partial charge on any atom is 0.331 e. The zero-order valence-corrected chi connectivity index (χ0v) is 12.0. The van der Waals surface area contributed by atoms with Gasteiger partial charge in [0.05, 0.1) is 7.11 Å². The fourth-order valence-corrected chi connectivity index (χ4v) is 2.14. The summed E-state index contributed by atoms with van der Waals surface area (Å²) in [4.78, 5) is 23.8. The number of carbonyl (C=O) groups excluding carboxylic acids is 2. The Bertz CT molecular complexity index is 302. The van der Waals surface area contributed by atoms with Gasteiger partial charge in [-0.3, -0.25) is 4.79 Å². The maximum absolute atomic E-state index is 12.0. The smallest absolute Gasteiger partial charge is 0.331 e. The van der Waals surface area contributed by atoms with E-state index in [1.807, 2.05) is 0 Å². The molecule has 0 aromatic heterocycles. The summed E-state index contributed by atoms with van der Waals surface area (Å²) >= 11 is 0. The van der Waals surface area contributed by atoms with Crippen LogP contribution >= 0.6 is 12.4 Å². The molecular formula is C12H23ClN2O3. The molecule has 18 heavy (non-hydrogen) atoms. The Balaban J connectivity index is 0.00000289. The quantitative estimate of drug-likeness (QED) is 0.752. The van der Waals surface area contributed by atoms with Crippen molar-refractivity contribution >= 4 is 24.3 Å². The van der Waals surface area contributed by atoms with Crippen molar-refractivity contribution in [1.82, 2.24) is 5.32 Å². The van der Waals surface area contributed by atoms with Crippen molar-refractivity contribution in [2.45, 2.75) is 51.1 Å². The van der Waals surface area contributed by atoms with Crippen molar-refractivity contribution in [1.29, 1.82) is 0 Å². The van der Waals surface area contributed by atoms with Gasteiger partial charge in [-0.15, -0.1) is 12.4 Å². The molecule has 1 saturated carbocycles. The van der Waals surface area contributed by atoms with Crippen LogP contribution in [-0.2, 0) is 14.3 Å². The van der Waals surface area contributed by atoms with E-state index in [4.69, 9.17) is 10.5 Å². The number of rotatable bonds is 4. The van der Waals surface area contributed by atoms with Crippen LogP contribution in [0.5, 0.6) is 0 Å². The van der Waals surface area contributed by atoms with Crippen LogP contribution in [0.15, 0.2) is 0 Å². The molecule has 1 aliphatic rings. The van der Waals surface area contributed by atoms with E-state index in [9.17, 15) is 9.59 Å². The lowest BCUT2D eigenvalue weighted by atomic mass is 9.95. The molecule has 0 heterocycles. The number of esters is 1. The van der Waals surface area contributed by atoms with Gasteiger partial charge in [-0.05, 0) is 19.8 Å². The average Bonchev–Trinajstić information content (AvgIpc) is 2.76. The van der Waals surface area contributed by atoms with Gasteiger partial charge >= 0.3 is 5.97 Å². The van der Waals surface area contributed by atoms with Crippen LogP contribution < -0.4 is 11.1 Å². The zero-order chi connectivity index (χ0) is 13.1. The Morgan fingerprint density at radius 1 is 1.28 bits per heavy atom. The van der Waals surface area contributed by atoms with Crippen molar-refractivity contribution in [3.8, 4) is 0 Å². The molecule has 0 aromatic carbocycles. The van der Waals surface area contributed by atoms with E-state index in [1.54, 1.807) is 13.8 Å². The van der Waals surface area contributed by atoms with Gasteiger partial charge in [0.2, 0.25) is 5.91 Å². The summed E-state index contributed by atoms with van der Waals surface area (Å²) < 4.78 is 4.79. The van der Waals surface area contributed by atoms with Crippen LogP contribution in [0.25, 0.3) is 0 Å². The summed E-state index contributed by atoms with van der Waals surface area (Å²) in [6.45, 7) is 3.55. The van der Waals surface area contributed by atoms with Crippen molar-refractivity contribution in [2.75, 3.05) is 7.11 Å². The number of methoxy groups -OCH3 is 1. The molecule has 1 aliphatic carbocycles. The highest BCUT2D eigenvalue weighted by molar-refractivity contribution is 5.89. The summed E-state index contributed by atoms with van der Waals surface area (Å²) in [5.41, 5.74) is 4.86. The molecule has 5 nitrogen and oxygen atoms in total. The molecule has 6 heteroatoms. The highest BCUT2D eigenvalue weighted by Gasteiger charge is 2.44. The van der Waals surface area contributed by atoms with E-state index in [-0.39, 0.29) is 36.2 Å². The molecule has 106 valence electrons. The molecule has 0 saturated heterocycles. The minimum absolute atomic E-state index is 0. The maximum atomic E-state index is 12.0. The first-order valence-corrected chi connectivity index (χ1v) is 6.09. The Labute approximate surface area is 114 Å². The normalized spacial score (nSPS) is 20.4. The number of hydrogen-bond acceptors (Lipinski definition) is 4. The van der Waals surface area contributed by atoms with Crippen LogP contribution in [0.4, 0.5) is 0 Å². The second-order valence-electron chi connectivity index (χ2n) is 4.92. The molecular weight excluding hydrogens is 256 g/mol. The fraction of sp³-hybridized carbons (Fsp3) is 0.833. The number of carbonyl (C=O) groups is 2. The number of halogens is 1. The summed E-state index contributed by atoms with van der Waals surface area (Å²) in [6.07, 6.45) is 3.16. The Hall–Kier alpha value is -0.810. The number of nitrogens with one attached hydrogen (secondary N) is 1. The Kier molecular flexibility index (Phi) is 6.63. The minimum atomic E-state index is -0.824. The van der Waals surface area contributed by atoms with E-state index >= 15 is 0 Å². The van der Waals surface area contributed by atoms with E-state index in [2.05, 4.69) is 5.32 Å². The first kappa shape index (κ1) is 17.2. The number of hydrogen-bond donors (Lipinski definition) is 2. The topological polar surface area (TPSA) is 81.4 Å². The Morgan fingerprint density at radius 3 is 2.17 bits per heavy atom. The molecule has 2 unspecified atom stereocenters. The molecule has 0 aromatic rings. The monoisotopic (exact) mass is 278 g/mol. The molecule has 0 spiro atoms. The van der Waals surface area contributed by atoms with E-state index in [1.165, 1.54) is 7.11 Å². The second kappa shape index (κ2) is 6.95. The predicted octanol–water partition coefficient (Wildman–Crippen LogP) is 0.993. The molecule has 0 aliphatic heterocycles. The third kappa shape index (κ3) is 3.59. The summed E-state index contributed by atoms with van der Waals surface area (Å²) in [7, 11) is 1.35. The summed E-state index contributed by atoms with van der Waals surface area (Å²) in [5.74, 6) is -0.829. The second-order valence-corrected chi connectivity index (χ2v) is 4.92. The largest absolute Gasteiger partial charge is 0.467 e. The number of amides is 1. The number of ether oxygens (including phenoxy) is 1. The molecule has 3 N–H and O–H groups in total. The van der Waals surface area contributed by atoms with Gasteiger partial charge in [-0.2, -0.15) is 0 Å². The standard InChI is InChI=1S/C12H22N2O3.ClH/c1-8(9(2)13)10(15)14-12(11(16)17-3)6-4-5-7-12;/h8-9H,4-7,13H2,1-3H3,(H,14,15);1H. The van der Waals surface area contributed by atoms with Gasteiger partial charge in [0, 0.05) is 12.0 Å². The van der Waals surface area contributed by atoms with Gasteiger partial charge in [0.25, 0.3) is 0 Å². The molecule has 1 amide bonds. The van der Waals surface area contributed by atoms with Gasteiger partial charge in [0.15, 0.2) is 0 Å². The van der Waals surface area contributed by atoms with Gasteiger partial charge in [-0.1, -0.05) is 19.8 Å². The van der Waals surface area contributed by atoms with Gasteiger partial charge in [0.1, 0.15) is 5.54 Å². The van der Waals surface area contributed by atoms with E-state index in [0.29, 0.717) is 12.8 Å². The average molecular weight is 279 g/mol. The van der Waals surface area contributed by atoms with Crippen molar-refractivity contribution in [2.24, 2.45) is 11.7 Å². The third-order valence-electron chi connectivity index (χ3n) is 3.60. The van der Waals surface area contributed by atoms with Crippen LogP contribution in [0.3, 0.4) is 0 Å². The van der Waals surface area contributed by atoms with Crippen LogP contribution in [0, 0.1) is 5.92 Å². The van der Waals surface area contributed by atoms with Gasteiger partial charge in [-0.25, -0.2) is 4.79 Å². The van der Waals surface area contributed by atoms with Gasteiger partial charge < -0.3 is 15.8 Å². The fourth-order valence-electron chi connectivity index (χ4n) is 2.14. The Morgan fingerprint density at radius 2 is 1.78 bits per heavy atom. The van der Waals surface area contributed by atoms with Crippen LogP contribution in [0.1, 0.15) is 39.5 Å². The first-order valence-electron chi connectivity index (χ1n) is 6.09. The lowest BCUT2D eigenvalue weighted by molar-refractivity contribution is -0.151. The molecule has 0 bridgehead atoms. The van der Waals surface area contributed by atoms with Crippen LogP contribution in [-0.4, -0.2) is 30.6 Å². The minimum Gasteiger partial charge on any atom is -0.467 e. The number of nitrogens with two attached hydrogens (primary N) is 1. The predicted molar refractivity (Wildman–Crippen MR) is 71.4 cm³/mol. The lowest BCUT2D eigenvalue weighted by Crippen LogP contribution is -2.55. The lowest BCUT2D eigenvalue weighted by Gasteiger charge is -2.29.